The maximum Gasteiger partial charge on any atom is 0.0994 e. The Morgan fingerprint density at radius 1 is 1.38 bits per heavy atom. The van der Waals surface area contributed by atoms with E-state index in [9.17, 15) is 0 Å². The third-order valence-corrected chi connectivity index (χ3v) is 3.03. The fraction of sp³-hybridized carbons (Fsp3) is 0.467. The van der Waals surface area contributed by atoms with Gasteiger partial charge in [-0.25, -0.2) is 0 Å². The maximum absolute atomic E-state index is 9.06. The number of rotatable bonds is 5. The molecule has 0 aliphatic heterocycles. The van der Waals surface area contributed by atoms with E-state index in [2.05, 4.69) is 32.9 Å². The Hall–Kier alpha value is -1.29. The van der Waals surface area contributed by atoms with Crippen LogP contribution in [0.2, 0.25) is 0 Å². The lowest BCUT2D eigenvalue weighted by Crippen LogP contribution is -2.01. The van der Waals surface area contributed by atoms with E-state index in [4.69, 9.17) is 5.26 Å². The average Bonchev–Trinajstić information content (AvgIpc) is 2.34. The van der Waals surface area contributed by atoms with Crippen LogP contribution in [0.25, 0.3) is 0 Å². The highest BCUT2D eigenvalue weighted by molar-refractivity contribution is 5.44. The number of nitrogens with zero attached hydrogens (tertiary/aromatic N) is 1. The second-order valence-electron chi connectivity index (χ2n) is 4.18. The highest BCUT2D eigenvalue weighted by atomic mass is 14.3. The normalized spacial score (nSPS) is 12.1. The summed E-state index contributed by atoms with van der Waals surface area (Å²) in [6, 6.07) is 8.26. The van der Waals surface area contributed by atoms with E-state index in [0.29, 0.717) is 5.92 Å². The van der Waals surface area contributed by atoms with Gasteiger partial charge in [0.2, 0.25) is 0 Å². The summed E-state index contributed by atoms with van der Waals surface area (Å²) in [5, 5.41) is 9.06. The van der Waals surface area contributed by atoms with Gasteiger partial charge in [0.25, 0.3) is 0 Å². The molecule has 0 spiro atoms. The molecule has 1 heteroatoms. The van der Waals surface area contributed by atoms with Crippen LogP contribution >= 0.6 is 0 Å². The second-order valence-corrected chi connectivity index (χ2v) is 4.18. The van der Waals surface area contributed by atoms with Crippen molar-refractivity contribution in [2.24, 2.45) is 0 Å². The van der Waals surface area contributed by atoms with Gasteiger partial charge in [0.1, 0.15) is 0 Å². The molecule has 0 heterocycles. The molecular weight excluding hydrogens is 194 g/mol. The fourth-order valence-corrected chi connectivity index (χ4v) is 2.09. The molecule has 0 aromatic heterocycles. The van der Waals surface area contributed by atoms with Gasteiger partial charge in [-0.05, 0) is 42.9 Å². The minimum Gasteiger partial charge on any atom is -0.192 e. The van der Waals surface area contributed by atoms with Crippen LogP contribution in [-0.4, -0.2) is 0 Å². The highest BCUT2D eigenvalue weighted by Gasteiger charge is 2.12. The fourth-order valence-electron chi connectivity index (χ4n) is 2.09. The molecular formula is C15H20N. The SMILES string of the molecule is [CH2]C(CCCC)c1cccc(C#N)c1CC. The third kappa shape index (κ3) is 2.85. The molecule has 1 aromatic rings. The number of hydrogen-bond donors (Lipinski definition) is 0. The minimum absolute atomic E-state index is 0.322. The van der Waals surface area contributed by atoms with Crippen LogP contribution in [0.3, 0.4) is 0 Å². The number of hydrogen-bond acceptors (Lipinski definition) is 1. The standard InChI is InChI=1S/C15H20N/c1-4-6-8-12(3)15-10-7-9-13(11-16)14(15)5-2/h7,9-10,12H,3-6,8H2,1-2H3. The van der Waals surface area contributed by atoms with Crippen LogP contribution < -0.4 is 0 Å². The van der Waals surface area contributed by atoms with Crippen molar-refractivity contribution in [3.05, 3.63) is 41.8 Å². The van der Waals surface area contributed by atoms with Gasteiger partial charge in [-0.2, -0.15) is 5.26 Å². The highest BCUT2D eigenvalue weighted by Crippen LogP contribution is 2.26. The van der Waals surface area contributed by atoms with E-state index < -0.39 is 0 Å². The predicted molar refractivity (Wildman–Crippen MR) is 68.2 cm³/mol. The Balaban J connectivity index is 2.99. The number of unbranched alkanes of at least 4 members (excludes halogenated alkanes) is 1. The molecule has 1 atom stereocenters. The molecule has 0 bridgehead atoms. The minimum atomic E-state index is 0.322. The van der Waals surface area contributed by atoms with Crippen LogP contribution in [0, 0.1) is 18.3 Å². The lowest BCUT2D eigenvalue weighted by molar-refractivity contribution is 0.657. The largest absolute Gasteiger partial charge is 0.192 e. The molecule has 1 nitrogen and oxygen atoms in total. The molecule has 1 aromatic carbocycles. The number of nitriles is 1. The van der Waals surface area contributed by atoms with Gasteiger partial charge in [-0.15, -0.1) is 0 Å². The molecule has 0 amide bonds. The lowest BCUT2D eigenvalue weighted by Gasteiger charge is -2.16. The van der Waals surface area contributed by atoms with Crippen LogP contribution in [0.15, 0.2) is 18.2 Å². The third-order valence-electron chi connectivity index (χ3n) is 3.03. The first-order chi connectivity index (χ1) is 7.74. The Morgan fingerprint density at radius 3 is 2.69 bits per heavy atom. The zero-order valence-electron chi connectivity index (χ0n) is 10.3. The van der Waals surface area contributed by atoms with Gasteiger partial charge in [-0.3, -0.25) is 0 Å². The van der Waals surface area contributed by atoms with Crippen molar-refractivity contribution in [1.82, 2.24) is 0 Å². The monoisotopic (exact) mass is 214 g/mol. The quantitative estimate of drug-likeness (QED) is 0.719. The molecule has 0 fully saturated rings. The molecule has 85 valence electrons. The average molecular weight is 214 g/mol. The van der Waals surface area contributed by atoms with E-state index in [1.54, 1.807) is 0 Å². The maximum atomic E-state index is 9.06. The predicted octanol–water partition coefficient (Wildman–Crippen LogP) is 4.23. The van der Waals surface area contributed by atoms with Crippen molar-refractivity contribution in [2.75, 3.05) is 0 Å². The van der Waals surface area contributed by atoms with Crippen LogP contribution in [0.1, 0.15) is 55.7 Å². The van der Waals surface area contributed by atoms with Gasteiger partial charge >= 0.3 is 0 Å². The van der Waals surface area contributed by atoms with E-state index >= 15 is 0 Å². The molecule has 16 heavy (non-hydrogen) atoms. The summed E-state index contributed by atoms with van der Waals surface area (Å²) in [4.78, 5) is 0. The zero-order valence-corrected chi connectivity index (χ0v) is 10.3. The van der Waals surface area contributed by atoms with E-state index in [-0.39, 0.29) is 0 Å². The Kier molecular flexibility index (Phi) is 5.05. The van der Waals surface area contributed by atoms with Gasteiger partial charge in [0.15, 0.2) is 0 Å². The van der Waals surface area contributed by atoms with Gasteiger partial charge in [-0.1, -0.05) is 38.8 Å². The summed E-state index contributed by atoms with van der Waals surface area (Å²) in [6.45, 7) is 8.52. The van der Waals surface area contributed by atoms with Crippen molar-refractivity contribution < 1.29 is 0 Å². The summed E-state index contributed by atoms with van der Waals surface area (Å²) < 4.78 is 0. The van der Waals surface area contributed by atoms with Crippen LogP contribution in [-0.2, 0) is 6.42 Å². The first-order valence-electron chi connectivity index (χ1n) is 6.09. The van der Waals surface area contributed by atoms with Gasteiger partial charge < -0.3 is 0 Å². The Labute approximate surface area is 99.1 Å². The topological polar surface area (TPSA) is 23.8 Å². The van der Waals surface area contributed by atoms with Crippen molar-refractivity contribution in [2.45, 2.75) is 45.4 Å². The van der Waals surface area contributed by atoms with Crippen LogP contribution in [0.4, 0.5) is 0 Å². The molecule has 1 rings (SSSR count). The van der Waals surface area contributed by atoms with E-state index in [1.807, 2.05) is 12.1 Å². The molecule has 0 aliphatic carbocycles. The molecule has 0 N–H and O–H groups in total. The van der Waals surface area contributed by atoms with E-state index in [1.165, 1.54) is 24.0 Å². The van der Waals surface area contributed by atoms with Crippen molar-refractivity contribution >= 4 is 0 Å². The van der Waals surface area contributed by atoms with Crippen LogP contribution in [0.5, 0.6) is 0 Å². The molecule has 0 saturated carbocycles. The molecule has 0 saturated heterocycles. The molecule has 0 aliphatic rings. The lowest BCUT2D eigenvalue weighted by atomic mass is 9.88. The Bertz CT molecular complexity index is 374. The first kappa shape index (κ1) is 12.8. The summed E-state index contributed by atoms with van der Waals surface area (Å²) >= 11 is 0. The summed E-state index contributed by atoms with van der Waals surface area (Å²) in [5.41, 5.74) is 3.25. The van der Waals surface area contributed by atoms with E-state index in [0.717, 1.165) is 18.4 Å². The van der Waals surface area contributed by atoms with Gasteiger partial charge in [0.05, 0.1) is 11.6 Å². The second kappa shape index (κ2) is 6.33. The summed E-state index contributed by atoms with van der Waals surface area (Å²) in [7, 11) is 0. The smallest absolute Gasteiger partial charge is 0.0994 e. The molecule has 1 unspecified atom stereocenters. The van der Waals surface area contributed by atoms with Crippen molar-refractivity contribution in [1.29, 1.82) is 5.26 Å². The summed E-state index contributed by atoms with van der Waals surface area (Å²) in [5.74, 6) is 0.322. The van der Waals surface area contributed by atoms with Crippen molar-refractivity contribution in [3.8, 4) is 6.07 Å². The van der Waals surface area contributed by atoms with Gasteiger partial charge in [0, 0.05) is 0 Å². The molecule has 1 radical (unpaired) electrons. The van der Waals surface area contributed by atoms with Crippen molar-refractivity contribution in [3.63, 3.8) is 0 Å². The zero-order chi connectivity index (χ0) is 12.0. The number of benzene rings is 1. The Morgan fingerprint density at radius 2 is 2.12 bits per heavy atom. The first-order valence-corrected chi connectivity index (χ1v) is 6.09. The summed E-state index contributed by atoms with van der Waals surface area (Å²) in [6.07, 6.45) is 4.43.